The molecule has 0 aliphatic carbocycles. The van der Waals surface area contributed by atoms with Crippen LogP contribution in [0.15, 0.2) is 47.4 Å². The second kappa shape index (κ2) is 7.30. The first-order valence-electron chi connectivity index (χ1n) is 6.98. The third kappa shape index (κ3) is 3.93. The molecule has 3 rings (SSSR count). The van der Waals surface area contributed by atoms with Crippen molar-refractivity contribution in [2.75, 3.05) is 0 Å². The highest BCUT2D eigenvalue weighted by Gasteiger charge is 2.22. The van der Waals surface area contributed by atoms with Crippen LogP contribution in [0.5, 0.6) is 5.75 Å². The lowest BCUT2D eigenvalue weighted by atomic mass is 10.1. The summed E-state index contributed by atoms with van der Waals surface area (Å²) in [7, 11) is 0. The second-order valence-corrected chi connectivity index (χ2v) is 6.85. The zero-order valence-electron chi connectivity index (χ0n) is 12.3. The maximum atomic E-state index is 11.8. The fourth-order valence-corrected chi connectivity index (χ4v) is 3.18. The van der Waals surface area contributed by atoms with Crippen molar-refractivity contribution in [1.29, 1.82) is 5.41 Å². The lowest BCUT2D eigenvalue weighted by Crippen LogP contribution is -2.18. The highest BCUT2D eigenvalue weighted by Crippen LogP contribution is 2.31. The third-order valence-electron chi connectivity index (χ3n) is 3.26. The molecule has 1 fully saturated rings. The van der Waals surface area contributed by atoms with Gasteiger partial charge in [-0.05, 0) is 42.1 Å². The van der Waals surface area contributed by atoms with Gasteiger partial charge in [0, 0.05) is 21.2 Å². The van der Waals surface area contributed by atoms with E-state index in [4.69, 9.17) is 33.3 Å². The first-order chi connectivity index (χ1) is 11.5. The van der Waals surface area contributed by atoms with Gasteiger partial charge in [-0.1, -0.05) is 41.4 Å². The number of ether oxygens (including phenoxy) is 1. The summed E-state index contributed by atoms with van der Waals surface area (Å²) in [5.41, 5.74) is 1.53. The van der Waals surface area contributed by atoms with E-state index in [1.807, 2.05) is 18.2 Å². The highest BCUT2D eigenvalue weighted by molar-refractivity contribution is 8.18. The number of hydrogen-bond donors (Lipinski definition) is 2. The fourth-order valence-electron chi connectivity index (χ4n) is 2.12. The number of benzene rings is 2. The number of amidine groups is 1. The van der Waals surface area contributed by atoms with Crippen LogP contribution in [0.3, 0.4) is 0 Å². The summed E-state index contributed by atoms with van der Waals surface area (Å²) in [5, 5.41) is 11.2. The molecule has 1 saturated heterocycles. The minimum atomic E-state index is -0.304. The molecule has 1 aliphatic rings. The minimum Gasteiger partial charge on any atom is -0.488 e. The van der Waals surface area contributed by atoms with Gasteiger partial charge >= 0.3 is 0 Å². The van der Waals surface area contributed by atoms with Crippen LogP contribution in [0.25, 0.3) is 6.08 Å². The average molecular weight is 379 g/mol. The standard InChI is InChI=1S/C17H12Cl2N2O2S/c18-12-5-6-14(23-9-10-3-1-2-4-13(10)19)11(7-12)8-15-16(22)21-17(20)24-15/h1-8H,9H2,(H2,20,21,22)/b15-8-. The maximum absolute atomic E-state index is 11.8. The predicted octanol–water partition coefficient (Wildman–Crippen LogP) is 4.71. The molecule has 122 valence electrons. The summed E-state index contributed by atoms with van der Waals surface area (Å²) in [6.45, 7) is 0.298. The first kappa shape index (κ1) is 16.9. The summed E-state index contributed by atoms with van der Waals surface area (Å²) in [6.07, 6.45) is 1.66. The number of amides is 1. The Morgan fingerprint density at radius 1 is 1.21 bits per heavy atom. The van der Waals surface area contributed by atoms with Crippen molar-refractivity contribution < 1.29 is 9.53 Å². The van der Waals surface area contributed by atoms with E-state index in [-0.39, 0.29) is 11.1 Å². The molecule has 0 saturated carbocycles. The summed E-state index contributed by atoms with van der Waals surface area (Å²) in [6, 6.07) is 12.6. The van der Waals surface area contributed by atoms with Crippen LogP contribution in [-0.2, 0) is 11.4 Å². The van der Waals surface area contributed by atoms with Gasteiger partial charge in [0.25, 0.3) is 5.91 Å². The van der Waals surface area contributed by atoms with E-state index in [0.29, 0.717) is 32.9 Å². The van der Waals surface area contributed by atoms with E-state index >= 15 is 0 Å². The monoisotopic (exact) mass is 378 g/mol. The van der Waals surface area contributed by atoms with Gasteiger partial charge in [0.2, 0.25) is 0 Å². The summed E-state index contributed by atoms with van der Waals surface area (Å²) in [5.74, 6) is 0.278. The van der Waals surface area contributed by atoms with Crippen LogP contribution in [-0.4, -0.2) is 11.1 Å². The van der Waals surface area contributed by atoms with Gasteiger partial charge in [0.05, 0.1) is 4.91 Å². The molecule has 2 N–H and O–H groups in total. The molecule has 0 atom stereocenters. The van der Waals surface area contributed by atoms with Crippen LogP contribution >= 0.6 is 35.0 Å². The Morgan fingerprint density at radius 3 is 2.71 bits per heavy atom. The molecule has 1 aliphatic heterocycles. The molecule has 2 aromatic rings. The Morgan fingerprint density at radius 2 is 2.00 bits per heavy atom. The van der Waals surface area contributed by atoms with Crippen LogP contribution in [0.2, 0.25) is 10.0 Å². The van der Waals surface area contributed by atoms with E-state index in [1.165, 1.54) is 0 Å². The summed E-state index contributed by atoms with van der Waals surface area (Å²) in [4.78, 5) is 12.2. The van der Waals surface area contributed by atoms with E-state index in [2.05, 4.69) is 5.32 Å². The van der Waals surface area contributed by atoms with Gasteiger partial charge in [-0.25, -0.2) is 0 Å². The molecule has 0 bridgehead atoms. The number of carbonyl (C=O) groups is 1. The lowest BCUT2D eigenvalue weighted by Gasteiger charge is -2.11. The minimum absolute atomic E-state index is 0.104. The number of halogens is 2. The van der Waals surface area contributed by atoms with Gasteiger partial charge in [-0.2, -0.15) is 0 Å². The third-order valence-corrected chi connectivity index (χ3v) is 4.70. The van der Waals surface area contributed by atoms with Crippen molar-refractivity contribution in [2.45, 2.75) is 6.61 Å². The summed E-state index contributed by atoms with van der Waals surface area (Å²) < 4.78 is 5.85. The Kier molecular flexibility index (Phi) is 5.14. The zero-order chi connectivity index (χ0) is 17.1. The number of hydrogen-bond acceptors (Lipinski definition) is 4. The normalized spacial score (nSPS) is 15.7. The number of rotatable bonds is 4. The van der Waals surface area contributed by atoms with Gasteiger partial charge in [-0.15, -0.1) is 0 Å². The summed E-state index contributed by atoms with van der Waals surface area (Å²) >= 11 is 13.3. The Balaban J connectivity index is 1.86. The highest BCUT2D eigenvalue weighted by atomic mass is 35.5. The molecule has 0 unspecified atom stereocenters. The smallest absolute Gasteiger partial charge is 0.264 e. The number of thioether (sulfide) groups is 1. The molecule has 1 heterocycles. The van der Waals surface area contributed by atoms with E-state index in [9.17, 15) is 4.79 Å². The van der Waals surface area contributed by atoms with Gasteiger partial charge < -0.3 is 10.1 Å². The Bertz CT molecular complexity index is 852. The van der Waals surface area contributed by atoms with Crippen molar-refractivity contribution in [2.24, 2.45) is 0 Å². The average Bonchev–Trinajstić information content (AvgIpc) is 2.85. The van der Waals surface area contributed by atoms with Crippen LogP contribution in [0, 0.1) is 5.41 Å². The molecular weight excluding hydrogens is 367 g/mol. The molecule has 0 radical (unpaired) electrons. The van der Waals surface area contributed by atoms with Crippen molar-refractivity contribution in [3.05, 3.63) is 68.5 Å². The fraction of sp³-hybridized carbons (Fsp3) is 0.0588. The molecular formula is C17H12Cl2N2O2S. The van der Waals surface area contributed by atoms with Crippen molar-refractivity contribution >= 4 is 52.1 Å². The molecule has 24 heavy (non-hydrogen) atoms. The van der Waals surface area contributed by atoms with Crippen molar-refractivity contribution in [1.82, 2.24) is 5.32 Å². The largest absolute Gasteiger partial charge is 0.488 e. The lowest BCUT2D eigenvalue weighted by molar-refractivity contribution is -0.115. The Hall–Kier alpha value is -1.95. The quantitative estimate of drug-likeness (QED) is 0.757. The van der Waals surface area contributed by atoms with Gasteiger partial charge in [0.15, 0.2) is 5.17 Å². The molecule has 0 aromatic heterocycles. The van der Waals surface area contributed by atoms with E-state index in [1.54, 1.807) is 30.3 Å². The molecule has 7 heteroatoms. The topological polar surface area (TPSA) is 62.2 Å². The van der Waals surface area contributed by atoms with Gasteiger partial charge in [-0.3, -0.25) is 10.2 Å². The SMILES string of the molecule is N=C1NC(=O)/C(=C/c2cc(Cl)ccc2OCc2ccccc2Cl)S1. The zero-order valence-corrected chi connectivity index (χ0v) is 14.6. The molecule has 0 spiro atoms. The first-order valence-corrected chi connectivity index (χ1v) is 8.55. The maximum Gasteiger partial charge on any atom is 0.264 e. The predicted molar refractivity (Wildman–Crippen MR) is 98.7 cm³/mol. The van der Waals surface area contributed by atoms with Crippen LogP contribution < -0.4 is 10.1 Å². The van der Waals surface area contributed by atoms with Gasteiger partial charge in [0.1, 0.15) is 12.4 Å². The van der Waals surface area contributed by atoms with E-state index in [0.717, 1.165) is 17.3 Å². The van der Waals surface area contributed by atoms with Crippen molar-refractivity contribution in [3.8, 4) is 5.75 Å². The van der Waals surface area contributed by atoms with Crippen LogP contribution in [0.4, 0.5) is 0 Å². The van der Waals surface area contributed by atoms with Crippen molar-refractivity contribution in [3.63, 3.8) is 0 Å². The second-order valence-electron chi connectivity index (χ2n) is 4.96. The molecule has 1 amide bonds. The number of carbonyl (C=O) groups excluding carboxylic acids is 1. The van der Waals surface area contributed by atoms with E-state index < -0.39 is 0 Å². The Labute approximate surface area is 153 Å². The van der Waals surface area contributed by atoms with Crippen LogP contribution in [0.1, 0.15) is 11.1 Å². The number of nitrogens with one attached hydrogen (secondary N) is 2. The molecule has 2 aromatic carbocycles. The molecule has 4 nitrogen and oxygen atoms in total.